The summed E-state index contributed by atoms with van der Waals surface area (Å²) in [5.41, 5.74) is 3.69. The number of pyridine rings is 1. The van der Waals surface area contributed by atoms with E-state index >= 15 is 0 Å². The molecule has 0 unspecified atom stereocenters. The normalized spacial score (nSPS) is 11.0. The van der Waals surface area contributed by atoms with Gasteiger partial charge in [0.25, 0.3) is 0 Å². The number of rotatable bonds is 1. The zero-order chi connectivity index (χ0) is 10.3. The Kier molecular flexibility index (Phi) is 1.62. The second-order valence-corrected chi connectivity index (χ2v) is 3.40. The summed E-state index contributed by atoms with van der Waals surface area (Å²) in [7, 11) is 1.89. The van der Waals surface area contributed by atoms with Gasteiger partial charge in [-0.25, -0.2) is 0 Å². The third-order valence-corrected chi connectivity index (χ3v) is 2.35. The van der Waals surface area contributed by atoms with Gasteiger partial charge in [-0.1, -0.05) is 0 Å². The molecular formula is C11H9N3O. The minimum absolute atomic E-state index is 0.802. The van der Waals surface area contributed by atoms with Gasteiger partial charge in [0, 0.05) is 30.6 Å². The number of hydrogen-bond donors (Lipinski definition) is 0. The Balaban J connectivity index is 2.27. The maximum Gasteiger partial charge on any atom is 0.152 e. The van der Waals surface area contributed by atoms with Crippen LogP contribution in [0.4, 0.5) is 0 Å². The quantitative estimate of drug-likeness (QED) is 0.603. The van der Waals surface area contributed by atoms with E-state index in [4.69, 9.17) is 4.42 Å². The van der Waals surface area contributed by atoms with Crippen LogP contribution in [-0.2, 0) is 7.05 Å². The first-order valence-corrected chi connectivity index (χ1v) is 4.66. The molecule has 0 spiro atoms. The van der Waals surface area contributed by atoms with E-state index in [-0.39, 0.29) is 0 Å². The van der Waals surface area contributed by atoms with Crippen LogP contribution < -0.4 is 0 Å². The van der Waals surface area contributed by atoms with Gasteiger partial charge in [0.05, 0.1) is 6.20 Å². The van der Waals surface area contributed by atoms with Crippen LogP contribution in [0.15, 0.2) is 41.4 Å². The van der Waals surface area contributed by atoms with Crippen molar-refractivity contribution in [2.24, 2.45) is 7.05 Å². The number of fused-ring (bicyclic) bond motifs is 1. The zero-order valence-electron chi connectivity index (χ0n) is 8.21. The molecule has 0 aliphatic heterocycles. The van der Waals surface area contributed by atoms with Gasteiger partial charge in [0.1, 0.15) is 11.8 Å². The summed E-state index contributed by atoms with van der Waals surface area (Å²) < 4.78 is 7.17. The predicted molar refractivity (Wildman–Crippen MR) is 56.2 cm³/mol. The fraction of sp³-hybridized carbons (Fsp3) is 0.0909. The third-order valence-electron chi connectivity index (χ3n) is 2.35. The van der Waals surface area contributed by atoms with Crippen LogP contribution in [0.25, 0.3) is 22.2 Å². The second-order valence-electron chi connectivity index (χ2n) is 3.40. The fourth-order valence-electron chi connectivity index (χ4n) is 1.63. The highest BCUT2D eigenvalue weighted by atomic mass is 16.3. The predicted octanol–water partition coefficient (Wildman–Crippen LogP) is 2.23. The topological polar surface area (TPSA) is 43.9 Å². The largest absolute Gasteiger partial charge is 0.462 e. The van der Waals surface area contributed by atoms with Crippen molar-refractivity contribution in [1.29, 1.82) is 0 Å². The summed E-state index contributed by atoms with van der Waals surface area (Å²) in [5.74, 6) is 0. The molecule has 0 N–H and O–H groups in total. The molecule has 15 heavy (non-hydrogen) atoms. The molecule has 0 amide bonds. The molecule has 3 heterocycles. The van der Waals surface area contributed by atoms with Crippen LogP contribution in [0, 0.1) is 0 Å². The van der Waals surface area contributed by atoms with Crippen molar-refractivity contribution in [3.05, 3.63) is 37.0 Å². The van der Waals surface area contributed by atoms with E-state index in [2.05, 4.69) is 10.1 Å². The molecule has 3 aromatic rings. The lowest BCUT2D eigenvalue weighted by Crippen LogP contribution is -1.84. The smallest absolute Gasteiger partial charge is 0.152 e. The Bertz CT molecular complexity index is 609. The number of hydrogen-bond acceptors (Lipinski definition) is 3. The number of nitrogens with zero attached hydrogens (tertiary/aromatic N) is 3. The molecule has 0 atom stereocenters. The molecule has 0 fully saturated rings. The Morgan fingerprint density at radius 1 is 1.40 bits per heavy atom. The average molecular weight is 199 g/mol. The molecule has 0 saturated heterocycles. The molecule has 0 aliphatic carbocycles. The average Bonchev–Trinajstić information content (AvgIpc) is 2.83. The molecule has 4 heteroatoms. The van der Waals surface area contributed by atoms with Crippen LogP contribution in [-0.4, -0.2) is 14.8 Å². The Morgan fingerprint density at radius 2 is 2.33 bits per heavy atom. The number of furan rings is 1. The molecule has 0 aromatic carbocycles. The SMILES string of the molecule is Cn1cc(-c2coc3cccnc23)cn1. The van der Waals surface area contributed by atoms with Gasteiger partial charge in [-0.2, -0.15) is 5.10 Å². The molecular weight excluding hydrogens is 190 g/mol. The van der Waals surface area contributed by atoms with E-state index in [1.807, 2.05) is 25.4 Å². The van der Waals surface area contributed by atoms with Crippen molar-refractivity contribution < 1.29 is 4.42 Å². The fourth-order valence-corrected chi connectivity index (χ4v) is 1.63. The maximum absolute atomic E-state index is 5.41. The van der Waals surface area contributed by atoms with Crippen LogP contribution in [0.3, 0.4) is 0 Å². The molecule has 4 nitrogen and oxygen atoms in total. The summed E-state index contributed by atoms with van der Waals surface area (Å²) in [4.78, 5) is 4.30. The highest BCUT2D eigenvalue weighted by molar-refractivity contribution is 5.90. The lowest BCUT2D eigenvalue weighted by atomic mass is 10.2. The van der Waals surface area contributed by atoms with Gasteiger partial charge in [-0.3, -0.25) is 9.67 Å². The third kappa shape index (κ3) is 1.22. The van der Waals surface area contributed by atoms with E-state index in [0.717, 1.165) is 22.2 Å². The first kappa shape index (κ1) is 8.23. The lowest BCUT2D eigenvalue weighted by molar-refractivity contribution is 0.616. The van der Waals surface area contributed by atoms with Crippen LogP contribution in [0.5, 0.6) is 0 Å². The van der Waals surface area contributed by atoms with Gasteiger partial charge < -0.3 is 4.42 Å². The molecule has 3 rings (SSSR count). The van der Waals surface area contributed by atoms with E-state index in [1.54, 1.807) is 23.3 Å². The minimum atomic E-state index is 0.802. The molecule has 3 aromatic heterocycles. The van der Waals surface area contributed by atoms with Crippen molar-refractivity contribution in [2.45, 2.75) is 0 Å². The van der Waals surface area contributed by atoms with Crippen molar-refractivity contribution in [2.75, 3.05) is 0 Å². The van der Waals surface area contributed by atoms with Crippen LogP contribution >= 0.6 is 0 Å². The Hall–Kier alpha value is -2.10. The standard InChI is InChI=1S/C11H9N3O/c1-14-6-8(5-13-14)9-7-15-10-3-2-4-12-11(9)10/h2-7H,1H3. The maximum atomic E-state index is 5.41. The molecule has 0 aliphatic rings. The Morgan fingerprint density at radius 3 is 3.13 bits per heavy atom. The van der Waals surface area contributed by atoms with Gasteiger partial charge in [0.2, 0.25) is 0 Å². The number of aryl methyl sites for hydroxylation is 1. The van der Waals surface area contributed by atoms with E-state index in [9.17, 15) is 0 Å². The van der Waals surface area contributed by atoms with Gasteiger partial charge in [-0.05, 0) is 12.1 Å². The zero-order valence-corrected chi connectivity index (χ0v) is 8.21. The second kappa shape index (κ2) is 2.95. The highest BCUT2D eigenvalue weighted by Crippen LogP contribution is 2.27. The monoisotopic (exact) mass is 199 g/mol. The van der Waals surface area contributed by atoms with Crippen molar-refractivity contribution in [1.82, 2.24) is 14.8 Å². The van der Waals surface area contributed by atoms with Crippen molar-refractivity contribution in [3.8, 4) is 11.1 Å². The number of aromatic nitrogens is 3. The van der Waals surface area contributed by atoms with Gasteiger partial charge in [0.15, 0.2) is 5.58 Å². The summed E-state index contributed by atoms with van der Waals surface area (Å²) >= 11 is 0. The molecule has 0 radical (unpaired) electrons. The van der Waals surface area contributed by atoms with Crippen molar-refractivity contribution in [3.63, 3.8) is 0 Å². The first-order valence-electron chi connectivity index (χ1n) is 4.66. The first-order chi connectivity index (χ1) is 7.34. The summed E-state index contributed by atoms with van der Waals surface area (Å²) in [6.45, 7) is 0. The van der Waals surface area contributed by atoms with E-state index < -0.39 is 0 Å². The molecule has 0 bridgehead atoms. The summed E-state index contributed by atoms with van der Waals surface area (Å²) in [5, 5.41) is 4.13. The van der Waals surface area contributed by atoms with Crippen LogP contribution in [0.1, 0.15) is 0 Å². The van der Waals surface area contributed by atoms with E-state index in [1.165, 1.54) is 0 Å². The van der Waals surface area contributed by atoms with Crippen molar-refractivity contribution >= 4 is 11.1 Å². The molecule has 0 saturated carbocycles. The highest BCUT2D eigenvalue weighted by Gasteiger charge is 2.09. The Labute approximate surface area is 86.2 Å². The van der Waals surface area contributed by atoms with Gasteiger partial charge in [-0.15, -0.1) is 0 Å². The van der Waals surface area contributed by atoms with E-state index in [0.29, 0.717) is 0 Å². The molecule has 74 valence electrons. The van der Waals surface area contributed by atoms with Gasteiger partial charge >= 0.3 is 0 Å². The summed E-state index contributed by atoms with van der Waals surface area (Å²) in [6, 6.07) is 3.76. The summed E-state index contributed by atoms with van der Waals surface area (Å²) in [6.07, 6.45) is 7.23. The minimum Gasteiger partial charge on any atom is -0.462 e. The lowest BCUT2D eigenvalue weighted by Gasteiger charge is -1.90. The van der Waals surface area contributed by atoms with Crippen LogP contribution in [0.2, 0.25) is 0 Å².